The quantitative estimate of drug-likeness (QED) is 0.325. The molecule has 0 radical (unpaired) electrons. The van der Waals surface area contributed by atoms with Crippen molar-refractivity contribution in [3.8, 4) is 0 Å². The van der Waals surface area contributed by atoms with Crippen molar-refractivity contribution in [2.24, 2.45) is 0 Å². The standard InChI is InChI=1S/C27H28Cl3N3O4S/c1-4-25(27(35)31-3)32(16-19-7-14-23(29)24(30)15-19)26(34)17-33(21-10-8-20(28)9-11-21)38(36,37)22-12-5-18(2)6-13-22/h5-15,25H,4,16-17H2,1-3H3,(H,31,35)/t25-/m0/s1. The van der Waals surface area contributed by atoms with Crippen LogP contribution in [0, 0.1) is 6.92 Å². The summed E-state index contributed by atoms with van der Waals surface area (Å²) in [5, 5.41) is 3.65. The first-order valence-electron chi connectivity index (χ1n) is 11.8. The molecule has 38 heavy (non-hydrogen) atoms. The molecule has 1 N–H and O–H groups in total. The van der Waals surface area contributed by atoms with Gasteiger partial charge in [-0.25, -0.2) is 8.42 Å². The lowest BCUT2D eigenvalue weighted by molar-refractivity contribution is -0.140. The summed E-state index contributed by atoms with van der Waals surface area (Å²) in [6.07, 6.45) is 0.304. The van der Waals surface area contributed by atoms with Gasteiger partial charge >= 0.3 is 0 Å². The summed E-state index contributed by atoms with van der Waals surface area (Å²) in [5.74, 6) is -0.947. The Morgan fingerprint density at radius 2 is 1.55 bits per heavy atom. The molecule has 0 unspecified atom stereocenters. The monoisotopic (exact) mass is 595 g/mol. The molecule has 0 heterocycles. The van der Waals surface area contributed by atoms with Crippen LogP contribution in [0.2, 0.25) is 15.1 Å². The number of nitrogens with zero attached hydrogens (tertiary/aromatic N) is 2. The molecule has 11 heteroatoms. The average molecular weight is 597 g/mol. The maximum atomic E-state index is 13.9. The van der Waals surface area contributed by atoms with Gasteiger partial charge < -0.3 is 10.2 Å². The van der Waals surface area contributed by atoms with Crippen LogP contribution in [0.5, 0.6) is 0 Å². The number of sulfonamides is 1. The second-order valence-electron chi connectivity index (χ2n) is 8.61. The van der Waals surface area contributed by atoms with Crippen LogP contribution in [0.1, 0.15) is 24.5 Å². The summed E-state index contributed by atoms with van der Waals surface area (Å²) in [6.45, 7) is 3.09. The van der Waals surface area contributed by atoms with E-state index in [2.05, 4.69) is 5.32 Å². The highest BCUT2D eigenvalue weighted by Gasteiger charge is 2.33. The van der Waals surface area contributed by atoms with E-state index in [-0.39, 0.29) is 23.0 Å². The average Bonchev–Trinajstić information content (AvgIpc) is 2.89. The predicted molar refractivity (Wildman–Crippen MR) is 152 cm³/mol. The van der Waals surface area contributed by atoms with Crippen molar-refractivity contribution in [2.75, 3.05) is 17.9 Å². The van der Waals surface area contributed by atoms with Crippen molar-refractivity contribution in [1.29, 1.82) is 0 Å². The molecule has 0 bridgehead atoms. The summed E-state index contributed by atoms with van der Waals surface area (Å²) >= 11 is 18.3. The van der Waals surface area contributed by atoms with Crippen molar-refractivity contribution >= 4 is 62.3 Å². The smallest absolute Gasteiger partial charge is 0.264 e. The Morgan fingerprint density at radius 1 is 0.921 bits per heavy atom. The number of hydrogen-bond acceptors (Lipinski definition) is 4. The molecule has 3 rings (SSSR count). The Kier molecular flexibility index (Phi) is 10.1. The highest BCUT2D eigenvalue weighted by molar-refractivity contribution is 7.92. The largest absolute Gasteiger partial charge is 0.357 e. The van der Waals surface area contributed by atoms with Gasteiger partial charge in [-0.3, -0.25) is 13.9 Å². The number of halogens is 3. The number of rotatable bonds is 10. The minimum atomic E-state index is -4.15. The van der Waals surface area contributed by atoms with Gasteiger partial charge in [-0.2, -0.15) is 0 Å². The van der Waals surface area contributed by atoms with Crippen LogP contribution in [-0.2, 0) is 26.2 Å². The van der Waals surface area contributed by atoms with Crippen molar-refractivity contribution in [1.82, 2.24) is 10.2 Å². The van der Waals surface area contributed by atoms with Gasteiger partial charge in [0.25, 0.3) is 10.0 Å². The maximum Gasteiger partial charge on any atom is 0.264 e. The van der Waals surface area contributed by atoms with Crippen molar-refractivity contribution in [2.45, 2.75) is 37.8 Å². The molecule has 0 saturated heterocycles. The van der Waals surface area contributed by atoms with Crippen LogP contribution in [0.4, 0.5) is 5.69 Å². The van der Waals surface area contributed by atoms with Crippen molar-refractivity contribution < 1.29 is 18.0 Å². The topological polar surface area (TPSA) is 86.8 Å². The van der Waals surface area contributed by atoms with Crippen LogP contribution >= 0.6 is 34.8 Å². The fourth-order valence-electron chi connectivity index (χ4n) is 3.89. The molecule has 7 nitrogen and oxygen atoms in total. The molecule has 2 amide bonds. The summed E-state index contributed by atoms with van der Waals surface area (Å²) in [4.78, 5) is 28.0. The van der Waals surface area contributed by atoms with E-state index in [9.17, 15) is 18.0 Å². The van der Waals surface area contributed by atoms with Gasteiger partial charge in [-0.05, 0) is 67.4 Å². The van der Waals surface area contributed by atoms with Crippen LogP contribution in [0.15, 0.2) is 71.6 Å². The Labute approximate surface area is 238 Å². The minimum Gasteiger partial charge on any atom is -0.357 e. The zero-order chi connectivity index (χ0) is 28.0. The maximum absolute atomic E-state index is 13.9. The number of benzene rings is 3. The zero-order valence-electron chi connectivity index (χ0n) is 21.1. The van der Waals surface area contributed by atoms with Gasteiger partial charge in [0.2, 0.25) is 11.8 Å². The highest BCUT2D eigenvalue weighted by Crippen LogP contribution is 2.27. The Hall–Kier alpha value is -2.78. The first-order chi connectivity index (χ1) is 18.0. The third-order valence-corrected chi connectivity index (χ3v) is 8.75. The van der Waals surface area contributed by atoms with Gasteiger partial charge in [0.1, 0.15) is 12.6 Å². The number of nitrogens with one attached hydrogen (secondary N) is 1. The molecule has 202 valence electrons. The second-order valence-corrected chi connectivity index (χ2v) is 11.7. The van der Waals surface area contributed by atoms with Gasteiger partial charge in [-0.15, -0.1) is 0 Å². The number of carbonyl (C=O) groups is 2. The summed E-state index contributed by atoms with van der Waals surface area (Å²) in [6, 6.07) is 16.6. The molecule has 3 aromatic rings. The van der Waals surface area contributed by atoms with Gasteiger partial charge in [0, 0.05) is 18.6 Å². The Balaban J connectivity index is 2.06. The van der Waals surface area contributed by atoms with E-state index in [1.165, 1.54) is 36.2 Å². The van der Waals surface area contributed by atoms with E-state index in [0.29, 0.717) is 27.1 Å². The molecule has 0 aliphatic carbocycles. The van der Waals surface area contributed by atoms with Gasteiger partial charge in [0.05, 0.1) is 20.6 Å². The zero-order valence-corrected chi connectivity index (χ0v) is 24.2. The Morgan fingerprint density at radius 3 is 2.11 bits per heavy atom. The normalized spacial score (nSPS) is 12.1. The molecule has 0 aliphatic rings. The third-order valence-electron chi connectivity index (χ3n) is 5.97. The fraction of sp³-hybridized carbons (Fsp3) is 0.259. The summed E-state index contributed by atoms with van der Waals surface area (Å²) < 4.78 is 28.6. The minimum absolute atomic E-state index is 0.0146. The van der Waals surface area contributed by atoms with E-state index in [4.69, 9.17) is 34.8 Å². The molecule has 1 atom stereocenters. The predicted octanol–water partition coefficient (Wildman–Crippen LogP) is 5.70. The van der Waals surface area contributed by atoms with E-state index >= 15 is 0 Å². The number of likely N-dealkylation sites (N-methyl/N-ethyl adjacent to an activating group) is 1. The molecule has 0 fully saturated rings. The number of amides is 2. The number of hydrogen-bond donors (Lipinski definition) is 1. The molecule has 3 aromatic carbocycles. The number of carbonyl (C=O) groups excluding carboxylic acids is 2. The second kappa shape index (κ2) is 12.8. The van der Waals surface area contributed by atoms with Gasteiger partial charge in [0.15, 0.2) is 0 Å². The number of aryl methyl sites for hydroxylation is 1. The molecule has 0 saturated carbocycles. The van der Waals surface area contributed by atoms with E-state index in [1.54, 1.807) is 49.4 Å². The third kappa shape index (κ3) is 6.99. The first kappa shape index (κ1) is 29.8. The lowest BCUT2D eigenvalue weighted by atomic mass is 10.1. The molecule has 0 spiro atoms. The number of anilines is 1. The van der Waals surface area contributed by atoms with Crippen LogP contribution in [0.3, 0.4) is 0 Å². The lowest BCUT2D eigenvalue weighted by Crippen LogP contribution is -2.51. The summed E-state index contributed by atoms with van der Waals surface area (Å²) in [7, 11) is -2.67. The highest BCUT2D eigenvalue weighted by atomic mass is 35.5. The van der Waals surface area contributed by atoms with Crippen LogP contribution in [-0.4, -0.2) is 44.8 Å². The SMILES string of the molecule is CC[C@@H](C(=O)NC)N(Cc1ccc(Cl)c(Cl)c1)C(=O)CN(c1ccc(Cl)cc1)S(=O)(=O)c1ccc(C)cc1. The van der Waals surface area contributed by atoms with E-state index in [0.717, 1.165) is 9.87 Å². The van der Waals surface area contributed by atoms with E-state index < -0.39 is 28.5 Å². The summed E-state index contributed by atoms with van der Waals surface area (Å²) in [5.41, 5.74) is 1.78. The molecule has 0 aliphatic heterocycles. The first-order valence-corrected chi connectivity index (χ1v) is 14.3. The lowest BCUT2D eigenvalue weighted by Gasteiger charge is -2.33. The fourth-order valence-corrected chi connectivity index (χ4v) is 5.76. The Bertz CT molecular complexity index is 1400. The van der Waals surface area contributed by atoms with Crippen LogP contribution in [0.25, 0.3) is 0 Å². The molecule has 0 aromatic heterocycles. The molecular formula is C27H28Cl3N3O4S. The van der Waals surface area contributed by atoms with Gasteiger partial charge in [-0.1, -0.05) is 65.5 Å². The van der Waals surface area contributed by atoms with Crippen LogP contribution < -0.4 is 9.62 Å². The molecular weight excluding hydrogens is 569 g/mol. The van der Waals surface area contributed by atoms with Crippen molar-refractivity contribution in [3.05, 3.63) is 92.9 Å². The van der Waals surface area contributed by atoms with E-state index in [1.807, 2.05) is 6.92 Å². The van der Waals surface area contributed by atoms with Crippen molar-refractivity contribution in [3.63, 3.8) is 0 Å².